The van der Waals surface area contributed by atoms with Gasteiger partial charge in [0, 0.05) is 11.0 Å². The van der Waals surface area contributed by atoms with Crippen LogP contribution in [0.25, 0.3) is 0 Å². The van der Waals surface area contributed by atoms with Crippen LogP contribution in [0.15, 0.2) is 40.9 Å². The van der Waals surface area contributed by atoms with Gasteiger partial charge in [-0.1, -0.05) is 22.0 Å². The van der Waals surface area contributed by atoms with Crippen LogP contribution in [0.5, 0.6) is 17.2 Å². The van der Waals surface area contributed by atoms with Crippen LogP contribution >= 0.6 is 15.9 Å². The molecule has 2 aromatic rings. The molecule has 0 aliphatic heterocycles. The predicted molar refractivity (Wildman–Crippen MR) is 85.9 cm³/mol. The lowest BCUT2D eigenvalue weighted by Crippen LogP contribution is -2.00. The van der Waals surface area contributed by atoms with E-state index in [4.69, 9.17) is 19.9 Å². The van der Waals surface area contributed by atoms with Gasteiger partial charge in [0.15, 0.2) is 11.5 Å². The lowest BCUT2D eigenvalue weighted by molar-refractivity contribution is 0.303. The third-order valence-corrected chi connectivity index (χ3v) is 3.86. The summed E-state index contributed by atoms with van der Waals surface area (Å²) in [6, 6.07) is 11.5. The number of hydrogen-bond donors (Lipinski definition) is 1. The standard InChI is InChI=1S/C16H18BrNO3/c1-19-15-6-3-11(7-16(15)20-2)10-21-13-4-5-14(17)12(8-13)9-18/h3-8H,9-10,18H2,1-2H3. The first-order valence-corrected chi connectivity index (χ1v) is 7.29. The number of hydrogen-bond acceptors (Lipinski definition) is 4. The van der Waals surface area contributed by atoms with Gasteiger partial charge in [-0.2, -0.15) is 0 Å². The normalized spacial score (nSPS) is 10.3. The first kappa shape index (κ1) is 15.7. The van der Waals surface area contributed by atoms with Crippen LogP contribution in [0.3, 0.4) is 0 Å². The summed E-state index contributed by atoms with van der Waals surface area (Å²) in [5, 5.41) is 0. The van der Waals surface area contributed by atoms with Gasteiger partial charge in [0.25, 0.3) is 0 Å². The van der Waals surface area contributed by atoms with E-state index >= 15 is 0 Å². The average Bonchev–Trinajstić information content (AvgIpc) is 2.53. The molecule has 0 unspecified atom stereocenters. The van der Waals surface area contributed by atoms with Crippen LogP contribution in [-0.4, -0.2) is 14.2 Å². The zero-order chi connectivity index (χ0) is 15.2. The molecule has 0 amide bonds. The highest BCUT2D eigenvalue weighted by Crippen LogP contribution is 2.28. The van der Waals surface area contributed by atoms with Crippen molar-refractivity contribution in [1.29, 1.82) is 0 Å². The van der Waals surface area contributed by atoms with E-state index in [0.717, 1.165) is 21.3 Å². The van der Waals surface area contributed by atoms with Crippen molar-refractivity contribution in [2.75, 3.05) is 14.2 Å². The fourth-order valence-corrected chi connectivity index (χ4v) is 2.34. The molecular formula is C16H18BrNO3. The molecule has 5 heteroatoms. The van der Waals surface area contributed by atoms with Crippen molar-refractivity contribution in [2.24, 2.45) is 5.73 Å². The Labute approximate surface area is 132 Å². The number of rotatable bonds is 6. The summed E-state index contributed by atoms with van der Waals surface area (Å²) in [6.07, 6.45) is 0. The minimum Gasteiger partial charge on any atom is -0.493 e. The third kappa shape index (κ3) is 3.89. The number of nitrogens with two attached hydrogens (primary N) is 1. The van der Waals surface area contributed by atoms with Crippen molar-refractivity contribution in [2.45, 2.75) is 13.2 Å². The maximum absolute atomic E-state index is 5.79. The van der Waals surface area contributed by atoms with Gasteiger partial charge < -0.3 is 19.9 Å². The Bertz CT molecular complexity index is 616. The monoisotopic (exact) mass is 351 g/mol. The van der Waals surface area contributed by atoms with Crippen LogP contribution in [-0.2, 0) is 13.2 Å². The Kier molecular flexibility index (Phi) is 5.47. The second-order valence-electron chi connectivity index (χ2n) is 4.44. The summed E-state index contributed by atoms with van der Waals surface area (Å²) in [7, 11) is 3.23. The van der Waals surface area contributed by atoms with E-state index in [2.05, 4.69) is 15.9 Å². The van der Waals surface area contributed by atoms with E-state index in [0.29, 0.717) is 24.7 Å². The van der Waals surface area contributed by atoms with Crippen molar-refractivity contribution >= 4 is 15.9 Å². The van der Waals surface area contributed by atoms with E-state index in [-0.39, 0.29) is 0 Å². The topological polar surface area (TPSA) is 53.7 Å². The molecule has 112 valence electrons. The zero-order valence-corrected chi connectivity index (χ0v) is 13.6. The van der Waals surface area contributed by atoms with Crippen LogP contribution in [0.2, 0.25) is 0 Å². The second kappa shape index (κ2) is 7.33. The minimum atomic E-state index is 0.450. The van der Waals surface area contributed by atoms with E-state index in [1.165, 1.54) is 0 Å². The molecule has 2 rings (SSSR count). The summed E-state index contributed by atoms with van der Waals surface area (Å²) < 4.78 is 17.3. The van der Waals surface area contributed by atoms with Crippen LogP contribution in [0, 0.1) is 0 Å². The molecule has 0 saturated heterocycles. The van der Waals surface area contributed by atoms with E-state index in [9.17, 15) is 0 Å². The van der Waals surface area contributed by atoms with Crippen molar-refractivity contribution in [1.82, 2.24) is 0 Å². The Hall–Kier alpha value is -1.72. The Morgan fingerprint density at radius 3 is 2.43 bits per heavy atom. The first-order chi connectivity index (χ1) is 10.2. The highest BCUT2D eigenvalue weighted by Gasteiger charge is 2.06. The predicted octanol–water partition coefficient (Wildman–Crippen LogP) is 3.50. The highest BCUT2D eigenvalue weighted by molar-refractivity contribution is 9.10. The maximum Gasteiger partial charge on any atom is 0.161 e. The molecule has 0 atom stereocenters. The molecule has 4 nitrogen and oxygen atoms in total. The minimum absolute atomic E-state index is 0.450. The Morgan fingerprint density at radius 1 is 1.00 bits per heavy atom. The van der Waals surface area contributed by atoms with Gasteiger partial charge in [-0.05, 0) is 41.5 Å². The van der Waals surface area contributed by atoms with Gasteiger partial charge >= 0.3 is 0 Å². The summed E-state index contributed by atoms with van der Waals surface area (Å²) in [6.45, 7) is 0.917. The third-order valence-electron chi connectivity index (χ3n) is 3.09. The maximum atomic E-state index is 5.79. The van der Waals surface area contributed by atoms with Crippen LogP contribution in [0.1, 0.15) is 11.1 Å². The van der Waals surface area contributed by atoms with Gasteiger partial charge in [-0.15, -0.1) is 0 Å². The smallest absolute Gasteiger partial charge is 0.161 e. The molecule has 0 bridgehead atoms. The average molecular weight is 352 g/mol. The summed E-state index contributed by atoms with van der Waals surface area (Å²) in [5.41, 5.74) is 7.70. The molecule has 2 aromatic carbocycles. The lowest BCUT2D eigenvalue weighted by Gasteiger charge is -2.11. The molecular weight excluding hydrogens is 334 g/mol. The largest absolute Gasteiger partial charge is 0.493 e. The molecule has 0 aromatic heterocycles. The lowest BCUT2D eigenvalue weighted by atomic mass is 10.2. The molecule has 0 aliphatic carbocycles. The van der Waals surface area contributed by atoms with E-state index in [1.54, 1.807) is 14.2 Å². The number of halogens is 1. The number of methoxy groups -OCH3 is 2. The van der Waals surface area contributed by atoms with Crippen molar-refractivity contribution in [3.63, 3.8) is 0 Å². The van der Waals surface area contributed by atoms with E-state index in [1.807, 2.05) is 36.4 Å². The summed E-state index contributed by atoms with van der Waals surface area (Å²) >= 11 is 3.46. The zero-order valence-electron chi connectivity index (χ0n) is 12.1. The SMILES string of the molecule is COc1ccc(COc2ccc(Br)c(CN)c2)cc1OC. The van der Waals surface area contributed by atoms with Crippen molar-refractivity contribution in [3.05, 3.63) is 52.0 Å². The van der Waals surface area contributed by atoms with Gasteiger partial charge in [0.1, 0.15) is 12.4 Å². The van der Waals surface area contributed by atoms with Gasteiger partial charge in [0.2, 0.25) is 0 Å². The van der Waals surface area contributed by atoms with Crippen molar-refractivity contribution in [3.8, 4) is 17.2 Å². The molecule has 2 N–H and O–H groups in total. The fourth-order valence-electron chi connectivity index (χ4n) is 1.93. The molecule has 0 radical (unpaired) electrons. The molecule has 0 fully saturated rings. The molecule has 0 spiro atoms. The van der Waals surface area contributed by atoms with Gasteiger partial charge in [-0.3, -0.25) is 0 Å². The summed E-state index contributed by atoms with van der Waals surface area (Å²) in [5.74, 6) is 2.18. The quantitative estimate of drug-likeness (QED) is 0.865. The Morgan fingerprint density at radius 2 is 1.76 bits per heavy atom. The van der Waals surface area contributed by atoms with Gasteiger partial charge in [-0.25, -0.2) is 0 Å². The Balaban J connectivity index is 2.09. The van der Waals surface area contributed by atoms with Crippen molar-refractivity contribution < 1.29 is 14.2 Å². The molecule has 0 heterocycles. The molecule has 21 heavy (non-hydrogen) atoms. The fraction of sp³-hybridized carbons (Fsp3) is 0.250. The second-order valence-corrected chi connectivity index (χ2v) is 5.29. The molecule has 0 aliphatic rings. The van der Waals surface area contributed by atoms with Gasteiger partial charge in [0.05, 0.1) is 14.2 Å². The van der Waals surface area contributed by atoms with E-state index < -0.39 is 0 Å². The summed E-state index contributed by atoms with van der Waals surface area (Å²) in [4.78, 5) is 0. The van der Waals surface area contributed by atoms with Crippen LogP contribution < -0.4 is 19.9 Å². The van der Waals surface area contributed by atoms with Crippen LogP contribution in [0.4, 0.5) is 0 Å². The molecule has 0 saturated carbocycles. The number of ether oxygens (including phenoxy) is 3. The number of benzene rings is 2. The highest BCUT2D eigenvalue weighted by atomic mass is 79.9. The first-order valence-electron chi connectivity index (χ1n) is 6.50.